The summed E-state index contributed by atoms with van der Waals surface area (Å²) >= 11 is 1.35. The molecule has 1 saturated heterocycles. The summed E-state index contributed by atoms with van der Waals surface area (Å²) in [6, 6.07) is 17.1. The lowest BCUT2D eigenvalue weighted by Gasteiger charge is -2.30. The summed E-state index contributed by atoms with van der Waals surface area (Å²) in [5.41, 5.74) is 2.45. The predicted molar refractivity (Wildman–Crippen MR) is 142 cm³/mol. The Morgan fingerprint density at radius 3 is 2.39 bits per heavy atom. The molecule has 0 unspecified atom stereocenters. The van der Waals surface area contributed by atoms with Crippen LogP contribution in [0.25, 0.3) is 11.3 Å². The molecule has 2 aromatic carbocycles. The van der Waals surface area contributed by atoms with E-state index in [1.54, 1.807) is 9.80 Å². The van der Waals surface area contributed by atoms with Gasteiger partial charge in [0.25, 0.3) is 5.91 Å². The van der Waals surface area contributed by atoms with Crippen molar-refractivity contribution in [1.29, 1.82) is 0 Å². The van der Waals surface area contributed by atoms with Gasteiger partial charge < -0.3 is 20.4 Å². The number of hydrogen-bond donors (Lipinski definition) is 2. The van der Waals surface area contributed by atoms with Crippen LogP contribution in [0.3, 0.4) is 0 Å². The van der Waals surface area contributed by atoms with Gasteiger partial charge in [0.2, 0.25) is 5.91 Å². The molecule has 0 bridgehead atoms. The largest absolute Gasteiger partial charge is 0.329 e. The van der Waals surface area contributed by atoms with Gasteiger partial charge >= 0.3 is 6.03 Å². The van der Waals surface area contributed by atoms with Gasteiger partial charge in [0.05, 0.1) is 5.69 Å². The van der Waals surface area contributed by atoms with Gasteiger partial charge in [0.1, 0.15) is 12.1 Å². The first-order valence-electron chi connectivity index (χ1n) is 12.2. The average molecular weight is 506 g/mol. The Balaban J connectivity index is 1.50. The molecule has 1 aromatic heterocycles. The minimum atomic E-state index is -0.878. The van der Waals surface area contributed by atoms with Crippen LogP contribution in [0.15, 0.2) is 66.0 Å². The Bertz CT molecular complexity index is 1180. The van der Waals surface area contributed by atoms with Crippen molar-refractivity contribution in [2.75, 3.05) is 25.0 Å². The Morgan fingerprint density at radius 2 is 1.72 bits per heavy atom. The van der Waals surface area contributed by atoms with Crippen LogP contribution < -0.4 is 10.6 Å². The molecule has 3 aromatic rings. The maximum absolute atomic E-state index is 13.7. The molecule has 8 nitrogen and oxygen atoms in total. The Hall–Kier alpha value is -3.72. The lowest BCUT2D eigenvalue weighted by Crippen LogP contribution is -2.50. The summed E-state index contributed by atoms with van der Waals surface area (Å²) in [6.07, 6.45) is 1.27. The normalized spacial score (nSPS) is 15.8. The molecule has 1 aliphatic heterocycles. The Labute approximate surface area is 215 Å². The first-order chi connectivity index (χ1) is 17.5. The van der Waals surface area contributed by atoms with Gasteiger partial charge in [-0.1, -0.05) is 60.7 Å². The molecule has 0 spiro atoms. The van der Waals surface area contributed by atoms with E-state index in [1.807, 2.05) is 79.9 Å². The summed E-state index contributed by atoms with van der Waals surface area (Å²) < 4.78 is 0. The first kappa shape index (κ1) is 25.4. The van der Waals surface area contributed by atoms with Crippen LogP contribution >= 0.6 is 11.3 Å². The number of likely N-dealkylation sites (tertiary alicyclic amines) is 1. The van der Waals surface area contributed by atoms with Crippen molar-refractivity contribution in [2.45, 2.75) is 38.8 Å². The van der Waals surface area contributed by atoms with Crippen LogP contribution in [-0.4, -0.2) is 58.3 Å². The molecule has 1 fully saturated rings. The van der Waals surface area contributed by atoms with Crippen LogP contribution in [-0.2, 0) is 9.59 Å². The monoisotopic (exact) mass is 505 g/mol. The number of urea groups is 1. The van der Waals surface area contributed by atoms with Crippen molar-refractivity contribution >= 4 is 34.3 Å². The van der Waals surface area contributed by atoms with Crippen molar-refractivity contribution in [2.24, 2.45) is 0 Å². The quantitative estimate of drug-likeness (QED) is 0.470. The highest BCUT2D eigenvalue weighted by Gasteiger charge is 2.38. The van der Waals surface area contributed by atoms with E-state index in [2.05, 4.69) is 15.6 Å². The second-order valence-electron chi connectivity index (χ2n) is 8.55. The van der Waals surface area contributed by atoms with Gasteiger partial charge in [0, 0.05) is 30.6 Å². The van der Waals surface area contributed by atoms with E-state index in [0.29, 0.717) is 43.2 Å². The Morgan fingerprint density at radius 1 is 1.06 bits per heavy atom. The third kappa shape index (κ3) is 5.73. The van der Waals surface area contributed by atoms with Crippen LogP contribution in [0.5, 0.6) is 0 Å². The number of aromatic nitrogens is 1. The fourth-order valence-corrected chi connectivity index (χ4v) is 5.11. The summed E-state index contributed by atoms with van der Waals surface area (Å²) in [6.45, 7) is 5.31. The topological polar surface area (TPSA) is 94.6 Å². The van der Waals surface area contributed by atoms with Gasteiger partial charge in [-0.3, -0.25) is 9.59 Å². The van der Waals surface area contributed by atoms with E-state index in [9.17, 15) is 14.4 Å². The van der Waals surface area contributed by atoms with Crippen LogP contribution in [0.1, 0.15) is 38.3 Å². The number of carbonyl (C=O) groups is 3. The number of hydrogen-bond acceptors (Lipinski definition) is 5. The number of rotatable bonds is 8. The van der Waals surface area contributed by atoms with Gasteiger partial charge in [0.15, 0.2) is 5.13 Å². The maximum atomic E-state index is 13.7. The highest BCUT2D eigenvalue weighted by molar-refractivity contribution is 7.14. The predicted octanol–water partition coefficient (Wildman–Crippen LogP) is 4.53. The number of benzene rings is 2. The second-order valence-corrected chi connectivity index (χ2v) is 9.41. The molecule has 4 rings (SSSR count). The molecule has 0 aliphatic carbocycles. The molecule has 9 heteroatoms. The summed E-state index contributed by atoms with van der Waals surface area (Å²) in [4.78, 5) is 47.6. The van der Waals surface area contributed by atoms with Gasteiger partial charge in [-0.15, -0.1) is 11.3 Å². The van der Waals surface area contributed by atoms with Crippen molar-refractivity contribution in [3.63, 3.8) is 0 Å². The average Bonchev–Trinajstić information content (AvgIpc) is 3.59. The van der Waals surface area contributed by atoms with E-state index in [-0.39, 0.29) is 17.8 Å². The molecule has 0 saturated carbocycles. The maximum Gasteiger partial charge on any atom is 0.318 e. The minimum absolute atomic E-state index is 0.267. The van der Waals surface area contributed by atoms with Gasteiger partial charge in [-0.2, -0.15) is 0 Å². The molecule has 2 heterocycles. The summed E-state index contributed by atoms with van der Waals surface area (Å²) in [7, 11) is 0. The number of carbonyl (C=O) groups excluding carboxylic acids is 3. The zero-order valence-corrected chi connectivity index (χ0v) is 21.3. The van der Waals surface area contributed by atoms with Crippen molar-refractivity contribution in [3.05, 3.63) is 71.6 Å². The number of nitrogens with one attached hydrogen (secondary N) is 2. The molecule has 2 atom stereocenters. The SMILES string of the molecule is CCN(CC)C(=O)N[C@@H](C(=O)N1CCC[C@H]1C(=O)Nc1nc(-c2ccccc2)cs1)c1ccccc1. The van der Waals surface area contributed by atoms with E-state index in [0.717, 1.165) is 11.3 Å². The van der Waals surface area contributed by atoms with Crippen LogP contribution in [0, 0.1) is 0 Å². The number of thiazole rings is 1. The minimum Gasteiger partial charge on any atom is -0.329 e. The van der Waals surface area contributed by atoms with Gasteiger partial charge in [-0.05, 0) is 32.3 Å². The zero-order chi connectivity index (χ0) is 25.5. The highest BCUT2D eigenvalue weighted by Crippen LogP contribution is 2.28. The molecular weight excluding hydrogens is 474 g/mol. The van der Waals surface area contributed by atoms with Gasteiger partial charge in [-0.25, -0.2) is 9.78 Å². The van der Waals surface area contributed by atoms with Crippen molar-refractivity contribution < 1.29 is 14.4 Å². The third-order valence-corrected chi connectivity index (χ3v) is 7.10. The molecule has 4 amide bonds. The standard InChI is InChI=1S/C27H31N5O3S/c1-3-31(4-2)27(35)29-23(20-14-9-6-10-15-20)25(34)32-17-11-16-22(32)24(33)30-26-28-21(18-36-26)19-12-7-5-8-13-19/h5-10,12-15,18,22-23H,3-4,11,16-17H2,1-2H3,(H,29,35)(H,28,30,33)/t22-,23+/m0/s1. The van der Waals surface area contributed by atoms with Crippen LogP contribution in [0.2, 0.25) is 0 Å². The second kappa shape index (κ2) is 11.8. The number of anilines is 1. The summed E-state index contributed by atoms with van der Waals surface area (Å²) in [5.74, 6) is -0.555. The Kier molecular flexibility index (Phi) is 8.32. The van der Waals surface area contributed by atoms with Crippen molar-refractivity contribution in [3.8, 4) is 11.3 Å². The lowest BCUT2D eigenvalue weighted by molar-refractivity contribution is -0.138. The zero-order valence-electron chi connectivity index (χ0n) is 20.5. The molecular formula is C27H31N5O3S. The number of amides is 4. The van der Waals surface area contributed by atoms with E-state index >= 15 is 0 Å². The number of nitrogens with zero attached hydrogens (tertiary/aromatic N) is 3. The highest BCUT2D eigenvalue weighted by atomic mass is 32.1. The first-order valence-corrected chi connectivity index (χ1v) is 13.1. The fraction of sp³-hybridized carbons (Fsp3) is 0.333. The molecule has 36 heavy (non-hydrogen) atoms. The molecule has 1 aliphatic rings. The van der Waals surface area contributed by atoms with E-state index in [4.69, 9.17) is 0 Å². The third-order valence-electron chi connectivity index (χ3n) is 6.34. The fourth-order valence-electron chi connectivity index (χ4n) is 4.39. The van der Waals surface area contributed by atoms with E-state index < -0.39 is 12.1 Å². The smallest absolute Gasteiger partial charge is 0.318 e. The molecule has 2 N–H and O–H groups in total. The lowest BCUT2D eigenvalue weighted by atomic mass is 10.0. The van der Waals surface area contributed by atoms with Crippen LogP contribution in [0.4, 0.5) is 9.93 Å². The summed E-state index contributed by atoms with van der Waals surface area (Å²) in [5, 5.41) is 8.18. The molecule has 0 radical (unpaired) electrons. The molecule has 188 valence electrons. The van der Waals surface area contributed by atoms with Crippen molar-refractivity contribution in [1.82, 2.24) is 20.1 Å². The van der Waals surface area contributed by atoms with E-state index in [1.165, 1.54) is 11.3 Å².